The molecule has 4 aromatic rings. The standard InChI is InChI=1S/C23H23N3O/c1-15(2)26(17(4)27)23-21(19-11-7-5-9-16(19)3)24-22-20-12-8-6-10-18(20)13-14-25(22)23/h5-15H,1-4H3. The molecule has 0 radical (unpaired) electrons. The lowest BCUT2D eigenvalue weighted by molar-refractivity contribution is -0.116. The lowest BCUT2D eigenvalue weighted by Gasteiger charge is -2.26. The molecule has 0 saturated carbocycles. The summed E-state index contributed by atoms with van der Waals surface area (Å²) in [5.41, 5.74) is 3.90. The van der Waals surface area contributed by atoms with Crippen molar-refractivity contribution in [2.24, 2.45) is 0 Å². The first-order valence-corrected chi connectivity index (χ1v) is 9.24. The first kappa shape index (κ1) is 17.3. The van der Waals surface area contributed by atoms with Gasteiger partial charge in [0.05, 0.1) is 0 Å². The molecule has 0 unspecified atom stereocenters. The number of pyridine rings is 1. The van der Waals surface area contributed by atoms with Crippen LogP contribution < -0.4 is 4.90 Å². The number of aromatic nitrogens is 2. The zero-order valence-corrected chi connectivity index (χ0v) is 16.1. The summed E-state index contributed by atoms with van der Waals surface area (Å²) in [6, 6.07) is 18.5. The normalized spacial score (nSPS) is 11.4. The van der Waals surface area contributed by atoms with E-state index in [1.54, 1.807) is 6.92 Å². The summed E-state index contributed by atoms with van der Waals surface area (Å²) in [4.78, 5) is 19.4. The molecule has 0 saturated heterocycles. The highest BCUT2D eigenvalue weighted by Gasteiger charge is 2.26. The van der Waals surface area contributed by atoms with E-state index in [1.807, 2.05) is 53.6 Å². The van der Waals surface area contributed by atoms with Gasteiger partial charge in [0, 0.05) is 30.1 Å². The average molecular weight is 357 g/mol. The van der Waals surface area contributed by atoms with Crippen molar-refractivity contribution in [3.05, 3.63) is 66.4 Å². The van der Waals surface area contributed by atoms with E-state index < -0.39 is 0 Å². The van der Waals surface area contributed by atoms with Crippen LogP contribution in [0.4, 0.5) is 5.82 Å². The molecule has 2 heterocycles. The molecule has 136 valence electrons. The maximum absolute atomic E-state index is 12.5. The minimum absolute atomic E-state index is 0.00907. The fourth-order valence-electron chi connectivity index (χ4n) is 3.76. The van der Waals surface area contributed by atoms with Crippen molar-refractivity contribution in [3.63, 3.8) is 0 Å². The predicted molar refractivity (Wildman–Crippen MR) is 111 cm³/mol. The Kier molecular flexibility index (Phi) is 4.19. The number of imidazole rings is 1. The van der Waals surface area contributed by atoms with Crippen molar-refractivity contribution >= 4 is 28.1 Å². The fourth-order valence-corrected chi connectivity index (χ4v) is 3.76. The highest BCUT2D eigenvalue weighted by Crippen LogP contribution is 2.36. The lowest BCUT2D eigenvalue weighted by Crippen LogP contribution is -2.36. The predicted octanol–water partition coefficient (Wildman–Crippen LogP) is 5.22. The molecule has 0 bridgehead atoms. The van der Waals surface area contributed by atoms with Crippen LogP contribution in [0.25, 0.3) is 27.7 Å². The van der Waals surface area contributed by atoms with E-state index in [-0.39, 0.29) is 11.9 Å². The van der Waals surface area contributed by atoms with Crippen LogP contribution in [0.2, 0.25) is 0 Å². The molecule has 4 rings (SSSR count). The van der Waals surface area contributed by atoms with Crippen LogP contribution in [-0.2, 0) is 4.79 Å². The van der Waals surface area contributed by atoms with Gasteiger partial charge in [-0.05, 0) is 37.8 Å². The van der Waals surface area contributed by atoms with Gasteiger partial charge in [0.2, 0.25) is 5.91 Å². The number of carbonyl (C=O) groups excluding carboxylic acids is 1. The largest absolute Gasteiger partial charge is 0.294 e. The summed E-state index contributed by atoms with van der Waals surface area (Å²) >= 11 is 0. The number of fused-ring (bicyclic) bond motifs is 3. The third-order valence-corrected chi connectivity index (χ3v) is 4.97. The molecule has 0 aliphatic rings. The van der Waals surface area contributed by atoms with Gasteiger partial charge in [-0.15, -0.1) is 0 Å². The number of hydrogen-bond donors (Lipinski definition) is 0. The van der Waals surface area contributed by atoms with Gasteiger partial charge in [0.25, 0.3) is 0 Å². The quantitative estimate of drug-likeness (QED) is 0.504. The summed E-state index contributed by atoms with van der Waals surface area (Å²) in [6.07, 6.45) is 2.01. The minimum Gasteiger partial charge on any atom is -0.294 e. The lowest BCUT2D eigenvalue weighted by atomic mass is 10.1. The molecule has 0 atom stereocenters. The van der Waals surface area contributed by atoms with Gasteiger partial charge in [-0.2, -0.15) is 0 Å². The molecule has 0 N–H and O–H groups in total. The van der Waals surface area contributed by atoms with Crippen LogP contribution in [-0.4, -0.2) is 21.3 Å². The number of rotatable bonds is 3. The van der Waals surface area contributed by atoms with E-state index in [1.165, 1.54) is 0 Å². The van der Waals surface area contributed by atoms with Crippen molar-refractivity contribution in [2.45, 2.75) is 33.7 Å². The van der Waals surface area contributed by atoms with Crippen molar-refractivity contribution in [2.75, 3.05) is 4.90 Å². The van der Waals surface area contributed by atoms with Crippen LogP contribution in [0.3, 0.4) is 0 Å². The number of hydrogen-bond acceptors (Lipinski definition) is 2. The van der Waals surface area contributed by atoms with Crippen LogP contribution in [0.1, 0.15) is 26.3 Å². The number of amides is 1. The Bertz CT molecular complexity index is 1160. The smallest absolute Gasteiger partial charge is 0.225 e. The minimum atomic E-state index is 0.00907. The fraction of sp³-hybridized carbons (Fsp3) is 0.217. The molecule has 0 aliphatic carbocycles. The molecular weight excluding hydrogens is 334 g/mol. The monoisotopic (exact) mass is 357 g/mol. The Labute approximate surface area is 159 Å². The molecule has 1 amide bonds. The molecule has 4 heteroatoms. The van der Waals surface area contributed by atoms with E-state index in [0.29, 0.717) is 0 Å². The molecule has 27 heavy (non-hydrogen) atoms. The number of nitrogens with zero attached hydrogens (tertiary/aromatic N) is 3. The van der Waals surface area contributed by atoms with Gasteiger partial charge >= 0.3 is 0 Å². The van der Waals surface area contributed by atoms with Crippen molar-refractivity contribution in [3.8, 4) is 11.3 Å². The van der Waals surface area contributed by atoms with E-state index in [2.05, 4.69) is 37.3 Å². The zero-order chi connectivity index (χ0) is 19.1. The van der Waals surface area contributed by atoms with Gasteiger partial charge in [-0.3, -0.25) is 14.1 Å². The van der Waals surface area contributed by atoms with Gasteiger partial charge in [-0.25, -0.2) is 4.98 Å². The first-order chi connectivity index (χ1) is 13.0. The molecule has 0 spiro atoms. The topological polar surface area (TPSA) is 37.6 Å². The summed E-state index contributed by atoms with van der Waals surface area (Å²) < 4.78 is 2.05. The summed E-state index contributed by atoms with van der Waals surface area (Å²) in [7, 11) is 0. The number of benzene rings is 2. The molecular formula is C23H23N3O. The van der Waals surface area contributed by atoms with Crippen LogP contribution in [0.5, 0.6) is 0 Å². The maximum atomic E-state index is 12.5. The number of carbonyl (C=O) groups is 1. The van der Waals surface area contributed by atoms with Crippen molar-refractivity contribution in [1.82, 2.24) is 9.38 Å². The highest BCUT2D eigenvalue weighted by atomic mass is 16.2. The Hall–Kier alpha value is -3.14. The van der Waals surface area contributed by atoms with E-state index in [9.17, 15) is 4.79 Å². The van der Waals surface area contributed by atoms with Crippen LogP contribution in [0.15, 0.2) is 60.8 Å². The van der Waals surface area contributed by atoms with Gasteiger partial charge < -0.3 is 0 Å². The summed E-state index contributed by atoms with van der Waals surface area (Å²) in [6.45, 7) is 7.75. The van der Waals surface area contributed by atoms with Crippen LogP contribution >= 0.6 is 0 Å². The SMILES string of the molecule is CC(=O)N(c1c(-c2ccccc2C)nc2c3ccccc3ccn12)C(C)C. The number of anilines is 1. The third kappa shape index (κ3) is 2.78. The number of aryl methyl sites for hydroxylation is 1. The Morgan fingerprint density at radius 1 is 1.04 bits per heavy atom. The molecule has 0 fully saturated rings. The second-order valence-electron chi connectivity index (χ2n) is 7.18. The second kappa shape index (κ2) is 6.54. The maximum Gasteiger partial charge on any atom is 0.225 e. The van der Waals surface area contributed by atoms with E-state index in [4.69, 9.17) is 4.98 Å². The summed E-state index contributed by atoms with van der Waals surface area (Å²) in [5, 5.41) is 2.21. The second-order valence-corrected chi connectivity index (χ2v) is 7.18. The molecule has 4 nitrogen and oxygen atoms in total. The first-order valence-electron chi connectivity index (χ1n) is 9.24. The zero-order valence-electron chi connectivity index (χ0n) is 16.1. The highest BCUT2D eigenvalue weighted by molar-refractivity contribution is 6.01. The van der Waals surface area contributed by atoms with Gasteiger partial charge in [-0.1, -0.05) is 48.5 Å². The van der Waals surface area contributed by atoms with Gasteiger partial charge in [0.15, 0.2) is 0 Å². The molecule has 2 aromatic heterocycles. The van der Waals surface area contributed by atoms with Crippen molar-refractivity contribution < 1.29 is 4.79 Å². The molecule has 0 aliphatic heterocycles. The average Bonchev–Trinajstić information content (AvgIpc) is 3.01. The van der Waals surface area contributed by atoms with E-state index in [0.717, 1.165) is 39.1 Å². The third-order valence-electron chi connectivity index (χ3n) is 4.97. The van der Waals surface area contributed by atoms with Crippen molar-refractivity contribution in [1.29, 1.82) is 0 Å². The van der Waals surface area contributed by atoms with Gasteiger partial charge in [0.1, 0.15) is 17.2 Å². The Morgan fingerprint density at radius 3 is 2.44 bits per heavy atom. The van der Waals surface area contributed by atoms with Crippen LogP contribution in [0, 0.1) is 6.92 Å². The van der Waals surface area contributed by atoms with E-state index >= 15 is 0 Å². The summed E-state index contributed by atoms with van der Waals surface area (Å²) in [5.74, 6) is 0.836. The molecule has 2 aromatic carbocycles. The Balaban J connectivity index is 2.15. The Morgan fingerprint density at radius 2 is 1.74 bits per heavy atom.